The minimum absolute atomic E-state index is 0. The van der Waals surface area contributed by atoms with Crippen LogP contribution in [0.5, 0.6) is 0 Å². The van der Waals surface area contributed by atoms with Crippen LogP contribution in [0.25, 0.3) is 0 Å². The number of aliphatic hydroxyl groups is 1. The van der Waals surface area contributed by atoms with Gasteiger partial charge in [0.05, 0.1) is 17.0 Å². The van der Waals surface area contributed by atoms with E-state index in [2.05, 4.69) is 10.6 Å². The van der Waals surface area contributed by atoms with E-state index in [1.54, 1.807) is 30.3 Å². The number of sulfonamides is 1. The molecule has 0 radical (unpaired) electrons. The van der Waals surface area contributed by atoms with Gasteiger partial charge in [0.1, 0.15) is 0 Å². The Morgan fingerprint density at radius 3 is 2.46 bits per heavy atom. The summed E-state index contributed by atoms with van der Waals surface area (Å²) in [7, 11) is -3.43. The summed E-state index contributed by atoms with van der Waals surface area (Å²) in [4.78, 5) is 12.4. The molecule has 7 nitrogen and oxygen atoms in total. The summed E-state index contributed by atoms with van der Waals surface area (Å²) in [5.41, 5.74) is 0. The molecule has 0 saturated carbocycles. The third-order valence-electron chi connectivity index (χ3n) is 4.94. The number of carbonyl (C=O) groups is 1. The molecule has 2 aliphatic rings. The molecule has 0 spiro atoms. The third-order valence-corrected chi connectivity index (χ3v) is 6.86. The summed E-state index contributed by atoms with van der Waals surface area (Å²) in [6.07, 6.45) is 1.45. The molecule has 3 N–H and O–H groups in total. The molecule has 2 atom stereocenters. The second-order valence-corrected chi connectivity index (χ2v) is 8.69. The van der Waals surface area contributed by atoms with E-state index < -0.39 is 16.1 Å². The van der Waals surface area contributed by atoms with E-state index in [1.165, 1.54) is 4.31 Å². The average Bonchev–Trinajstić information content (AvgIpc) is 3.07. The van der Waals surface area contributed by atoms with Crippen LogP contribution in [0.2, 0.25) is 0 Å². The lowest BCUT2D eigenvalue weighted by Gasteiger charge is -2.31. The molecule has 9 heteroatoms. The number of rotatable bonds is 5. The number of halogens is 1. The molecule has 2 saturated heterocycles. The molecule has 0 bridgehead atoms. The Morgan fingerprint density at radius 1 is 1.23 bits per heavy atom. The average molecular weight is 404 g/mol. The van der Waals surface area contributed by atoms with Crippen LogP contribution in [0, 0.1) is 5.92 Å². The Kier molecular flexibility index (Phi) is 7.42. The van der Waals surface area contributed by atoms with Gasteiger partial charge in [0.25, 0.3) is 0 Å². The van der Waals surface area contributed by atoms with Crippen LogP contribution in [0.1, 0.15) is 19.3 Å². The SMILES string of the molecule is Cl.O=C(NCC1CCN(S(=O)(=O)c2ccccc2)CC1)C1CC(O)CN1. The van der Waals surface area contributed by atoms with Crippen LogP contribution in [0.4, 0.5) is 0 Å². The molecule has 3 rings (SSSR count). The number of β-amino-alcohol motifs (C(OH)–C–C–N with tert-alkyl or cyclic N) is 1. The number of amides is 1. The van der Waals surface area contributed by atoms with Crippen LogP contribution in [-0.2, 0) is 14.8 Å². The van der Waals surface area contributed by atoms with Crippen molar-refractivity contribution in [3.05, 3.63) is 30.3 Å². The van der Waals surface area contributed by atoms with Gasteiger partial charge in [-0.25, -0.2) is 8.42 Å². The molecule has 1 aromatic rings. The quantitative estimate of drug-likeness (QED) is 0.658. The number of piperidine rings is 1. The predicted molar refractivity (Wildman–Crippen MR) is 101 cm³/mol. The smallest absolute Gasteiger partial charge is 0.243 e. The van der Waals surface area contributed by atoms with Gasteiger partial charge < -0.3 is 15.7 Å². The molecule has 0 aliphatic carbocycles. The zero-order chi connectivity index (χ0) is 17.9. The molecule has 2 aliphatic heterocycles. The number of hydrogen-bond donors (Lipinski definition) is 3. The maximum Gasteiger partial charge on any atom is 0.243 e. The number of nitrogens with one attached hydrogen (secondary N) is 2. The summed E-state index contributed by atoms with van der Waals surface area (Å²) < 4.78 is 26.7. The van der Waals surface area contributed by atoms with Crippen molar-refractivity contribution in [3.63, 3.8) is 0 Å². The maximum absolute atomic E-state index is 12.6. The zero-order valence-electron chi connectivity index (χ0n) is 14.5. The van der Waals surface area contributed by atoms with Crippen molar-refractivity contribution in [1.29, 1.82) is 0 Å². The highest BCUT2D eigenvalue weighted by molar-refractivity contribution is 7.89. The van der Waals surface area contributed by atoms with Crippen molar-refractivity contribution in [1.82, 2.24) is 14.9 Å². The normalized spacial score (nSPS) is 24.8. The fourth-order valence-electron chi connectivity index (χ4n) is 3.38. The summed E-state index contributed by atoms with van der Waals surface area (Å²) >= 11 is 0. The van der Waals surface area contributed by atoms with Gasteiger partial charge in [0, 0.05) is 26.2 Å². The summed E-state index contributed by atoms with van der Waals surface area (Å²) in [5.74, 6) is 0.188. The van der Waals surface area contributed by atoms with E-state index in [9.17, 15) is 18.3 Å². The number of nitrogens with zero attached hydrogens (tertiary/aromatic N) is 1. The van der Waals surface area contributed by atoms with Gasteiger partial charge >= 0.3 is 0 Å². The first-order valence-corrected chi connectivity index (χ1v) is 10.1. The minimum atomic E-state index is -3.43. The first kappa shape index (κ1) is 21.1. The van der Waals surface area contributed by atoms with Gasteiger partial charge in [-0.2, -0.15) is 4.31 Å². The zero-order valence-corrected chi connectivity index (χ0v) is 16.1. The number of hydrogen-bond acceptors (Lipinski definition) is 5. The molecule has 26 heavy (non-hydrogen) atoms. The summed E-state index contributed by atoms with van der Waals surface area (Å²) in [6, 6.07) is 8.15. The first-order valence-electron chi connectivity index (χ1n) is 8.71. The second kappa shape index (κ2) is 9.14. The van der Waals surface area contributed by atoms with Crippen LogP contribution >= 0.6 is 12.4 Å². The monoisotopic (exact) mass is 403 g/mol. The Bertz CT molecular complexity index is 693. The maximum atomic E-state index is 12.6. The lowest BCUT2D eigenvalue weighted by atomic mass is 9.98. The van der Waals surface area contributed by atoms with Crippen molar-refractivity contribution in [2.24, 2.45) is 5.92 Å². The van der Waals surface area contributed by atoms with Gasteiger partial charge in [-0.05, 0) is 37.3 Å². The van der Waals surface area contributed by atoms with Crippen LogP contribution in [-0.4, -0.2) is 62.1 Å². The molecule has 0 aromatic heterocycles. The van der Waals surface area contributed by atoms with Crippen molar-refractivity contribution in [2.75, 3.05) is 26.2 Å². The van der Waals surface area contributed by atoms with E-state index in [0.717, 1.165) is 12.8 Å². The molecular formula is C17H26ClN3O4S. The minimum Gasteiger partial charge on any atom is -0.392 e. The highest BCUT2D eigenvalue weighted by Crippen LogP contribution is 2.23. The lowest BCUT2D eigenvalue weighted by Crippen LogP contribution is -2.45. The Labute approximate surface area is 160 Å². The van der Waals surface area contributed by atoms with Crippen molar-refractivity contribution < 1.29 is 18.3 Å². The third kappa shape index (κ3) is 4.95. The van der Waals surface area contributed by atoms with Crippen LogP contribution in [0.15, 0.2) is 35.2 Å². The van der Waals surface area contributed by atoms with Crippen LogP contribution < -0.4 is 10.6 Å². The molecule has 2 heterocycles. The van der Waals surface area contributed by atoms with Gasteiger partial charge in [-0.15, -0.1) is 12.4 Å². The molecule has 1 amide bonds. The summed E-state index contributed by atoms with van der Waals surface area (Å²) in [5, 5.41) is 15.4. The number of aliphatic hydroxyl groups excluding tert-OH is 1. The molecule has 2 unspecified atom stereocenters. The molecule has 146 valence electrons. The van der Waals surface area contributed by atoms with Crippen molar-refractivity contribution in [2.45, 2.75) is 36.3 Å². The molecular weight excluding hydrogens is 378 g/mol. The molecule has 2 fully saturated rings. The Balaban J connectivity index is 0.00000243. The molecule has 1 aromatic carbocycles. The summed E-state index contributed by atoms with van der Waals surface area (Å²) in [6.45, 7) is 1.94. The second-order valence-electron chi connectivity index (χ2n) is 6.76. The largest absolute Gasteiger partial charge is 0.392 e. The number of carbonyl (C=O) groups excluding carboxylic acids is 1. The highest BCUT2D eigenvalue weighted by Gasteiger charge is 2.31. The van der Waals surface area contributed by atoms with Gasteiger partial charge in [-0.1, -0.05) is 18.2 Å². The number of benzene rings is 1. The van der Waals surface area contributed by atoms with E-state index in [1.807, 2.05) is 0 Å². The van der Waals surface area contributed by atoms with E-state index in [4.69, 9.17) is 0 Å². The standard InChI is InChI=1S/C17H25N3O4S.ClH/c21-14-10-16(18-12-14)17(22)19-11-13-6-8-20(9-7-13)25(23,24)15-4-2-1-3-5-15;/h1-5,13-14,16,18,21H,6-12H2,(H,19,22);1H. The van der Waals surface area contributed by atoms with Gasteiger partial charge in [-0.3, -0.25) is 4.79 Å². The highest BCUT2D eigenvalue weighted by atomic mass is 35.5. The van der Waals surface area contributed by atoms with Crippen molar-refractivity contribution >= 4 is 28.3 Å². The predicted octanol–water partition coefficient (Wildman–Crippen LogP) is 0.348. The van der Waals surface area contributed by atoms with E-state index >= 15 is 0 Å². The lowest BCUT2D eigenvalue weighted by molar-refractivity contribution is -0.123. The fraction of sp³-hybridized carbons (Fsp3) is 0.588. The Morgan fingerprint density at radius 2 is 1.88 bits per heavy atom. The van der Waals surface area contributed by atoms with Gasteiger partial charge in [0.15, 0.2) is 0 Å². The Hall–Kier alpha value is -1.19. The van der Waals surface area contributed by atoms with Gasteiger partial charge in [0.2, 0.25) is 15.9 Å². The van der Waals surface area contributed by atoms with E-state index in [-0.39, 0.29) is 30.3 Å². The topological polar surface area (TPSA) is 98.7 Å². The van der Waals surface area contributed by atoms with Crippen LogP contribution in [0.3, 0.4) is 0 Å². The van der Waals surface area contributed by atoms with E-state index in [0.29, 0.717) is 37.5 Å². The fourth-order valence-corrected chi connectivity index (χ4v) is 4.87. The first-order chi connectivity index (χ1) is 12.0. The van der Waals surface area contributed by atoms with Crippen molar-refractivity contribution in [3.8, 4) is 0 Å².